The van der Waals surface area contributed by atoms with Crippen LogP contribution in [0.2, 0.25) is 0 Å². The zero-order chi connectivity index (χ0) is 13.1. The Morgan fingerprint density at radius 2 is 1.83 bits per heavy atom. The van der Waals surface area contributed by atoms with Crippen LogP contribution in [0, 0.1) is 6.92 Å². The lowest BCUT2D eigenvalue weighted by Crippen LogP contribution is -1.95. The van der Waals surface area contributed by atoms with E-state index in [0.29, 0.717) is 12.0 Å². The average molecular weight is 240 g/mol. The Bertz CT molecular complexity index is 571. The van der Waals surface area contributed by atoms with E-state index in [9.17, 15) is 10.2 Å². The summed E-state index contributed by atoms with van der Waals surface area (Å²) in [5.41, 5.74) is 3.22. The van der Waals surface area contributed by atoms with Crippen LogP contribution < -0.4 is 0 Å². The average Bonchev–Trinajstić information content (AvgIpc) is 2.36. The molecule has 0 saturated carbocycles. The number of aryl methyl sites for hydroxylation is 1. The van der Waals surface area contributed by atoms with Crippen molar-refractivity contribution in [1.29, 1.82) is 0 Å². The fourth-order valence-electron chi connectivity index (χ4n) is 2.06. The SMILES string of the molecule is C=Cc1c(O)cc(C)c(Cc2ccccc2)c1O. The number of rotatable bonds is 3. The van der Waals surface area contributed by atoms with Gasteiger partial charge in [0, 0.05) is 12.0 Å². The zero-order valence-electron chi connectivity index (χ0n) is 10.4. The molecule has 0 heterocycles. The molecule has 0 amide bonds. The number of phenols is 2. The Labute approximate surface area is 107 Å². The largest absolute Gasteiger partial charge is 0.507 e. The van der Waals surface area contributed by atoms with Gasteiger partial charge in [-0.1, -0.05) is 43.0 Å². The van der Waals surface area contributed by atoms with Crippen LogP contribution in [0.15, 0.2) is 43.0 Å². The summed E-state index contributed by atoms with van der Waals surface area (Å²) in [6.45, 7) is 5.49. The van der Waals surface area contributed by atoms with E-state index < -0.39 is 0 Å². The fraction of sp³-hybridized carbons (Fsp3) is 0.125. The van der Waals surface area contributed by atoms with Crippen LogP contribution >= 0.6 is 0 Å². The summed E-state index contributed by atoms with van der Waals surface area (Å²) in [7, 11) is 0. The highest BCUT2D eigenvalue weighted by Crippen LogP contribution is 2.35. The minimum atomic E-state index is 0.0665. The fourth-order valence-corrected chi connectivity index (χ4v) is 2.06. The molecule has 0 aliphatic carbocycles. The van der Waals surface area contributed by atoms with Crippen molar-refractivity contribution in [1.82, 2.24) is 0 Å². The van der Waals surface area contributed by atoms with Crippen LogP contribution in [0.5, 0.6) is 11.5 Å². The quantitative estimate of drug-likeness (QED) is 0.859. The molecule has 0 atom stereocenters. The van der Waals surface area contributed by atoms with Crippen LogP contribution in [0.25, 0.3) is 6.08 Å². The van der Waals surface area contributed by atoms with Crippen LogP contribution in [0.1, 0.15) is 22.3 Å². The third kappa shape index (κ3) is 2.23. The molecule has 18 heavy (non-hydrogen) atoms. The minimum Gasteiger partial charge on any atom is -0.507 e. The van der Waals surface area contributed by atoms with Gasteiger partial charge in [-0.05, 0) is 24.1 Å². The Morgan fingerprint density at radius 1 is 1.17 bits per heavy atom. The van der Waals surface area contributed by atoms with Gasteiger partial charge in [-0.2, -0.15) is 0 Å². The molecule has 2 rings (SSSR count). The molecule has 0 aromatic heterocycles. The molecule has 0 unspecified atom stereocenters. The van der Waals surface area contributed by atoms with Crippen molar-refractivity contribution >= 4 is 6.08 Å². The molecule has 0 saturated heterocycles. The van der Waals surface area contributed by atoms with E-state index in [2.05, 4.69) is 6.58 Å². The van der Waals surface area contributed by atoms with Gasteiger partial charge in [0.05, 0.1) is 5.56 Å². The maximum atomic E-state index is 10.2. The van der Waals surface area contributed by atoms with Crippen LogP contribution in [0.4, 0.5) is 0 Å². The first-order chi connectivity index (χ1) is 8.63. The summed E-state index contributed by atoms with van der Waals surface area (Å²) in [6, 6.07) is 11.6. The summed E-state index contributed by atoms with van der Waals surface area (Å²) in [6.07, 6.45) is 2.11. The summed E-state index contributed by atoms with van der Waals surface area (Å²) in [5, 5.41) is 19.9. The van der Waals surface area contributed by atoms with E-state index in [1.165, 1.54) is 6.08 Å². The molecule has 0 fully saturated rings. The van der Waals surface area contributed by atoms with Gasteiger partial charge in [0.2, 0.25) is 0 Å². The Hall–Kier alpha value is -2.22. The van der Waals surface area contributed by atoms with Crippen molar-refractivity contribution in [3.05, 3.63) is 65.2 Å². The van der Waals surface area contributed by atoms with E-state index in [1.807, 2.05) is 37.3 Å². The predicted octanol–water partition coefficient (Wildman–Crippen LogP) is 3.64. The van der Waals surface area contributed by atoms with Crippen molar-refractivity contribution < 1.29 is 10.2 Å². The second kappa shape index (κ2) is 4.96. The molecule has 0 aliphatic heterocycles. The summed E-state index contributed by atoms with van der Waals surface area (Å²) >= 11 is 0. The first-order valence-corrected chi connectivity index (χ1v) is 5.84. The molecular weight excluding hydrogens is 224 g/mol. The van der Waals surface area contributed by atoms with Crippen LogP contribution in [-0.4, -0.2) is 10.2 Å². The van der Waals surface area contributed by atoms with Crippen molar-refractivity contribution in [2.75, 3.05) is 0 Å². The summed E-state index contributed by atoms with van der Waals surface area (Å²) in [4.78, 5) is 0. The molecule has 2 heteroatoms. The van der Waals surface area contributed by atoms with E-state index >= 15 is 0 Å². The Kier molecular flexibility index (Phi) is 3.38. The van der Waals surface area contributed by atoms with Crippen LogP contribution in [-0.2, 0) is 6.42 Å². The normalized spacial score (nSPS) is 10.3. The smallest absolute Gasteiger partial charge is 0.130 e. The lowest BCUT2D eigenvalue weighted by molar-refractivity contribution is 0.443. The Morgan fingerprint density at radius 3 is 2.44 bits per heavy atom. The second-order valence-corrected chi connectivity index (χ2v) is 4.32. The molecule has 92 valence electrons. The maximum Gasteiger partial charge on any atom is 0.130 e. The lowest BCUT2D eigenvalue weighted by Gasteiger charge is -2.12. The first-order valence-electron chi connectivity index (χ1n) is 5.84. The van der Waals surface area contributed by atoms with Crippen molar-refractivity contribution in [3.8, 4) is 11.5 Å². The number of aromatic hydroxyl groups is 2. The molecule has 0 radical (unpaired) electrons. The van der Waals surface area contributed by atoms with Crippen LogP contribution in [0.3, 0.4) is 0 Å². The third-order valence-corrected chi connectivity index (χ3v) is 3.07. The molecule has 2 N–H and O–H groups in total. The van der Waals surface area contributed by atoms with Gasteiger partial charge in [0.1, 0.15) is 11.5 Å². The molecular formula is C16H16O2. The van der Waals surface area contributed by atoms with E-state index in [1.54, 1.807) is 6.07 Å². The highest BCUT2D eigenvalue weighted by atomic mass is 16.3. The molecule has 0 aliphatic rings. The molecule has 2 nitrogen and oxygen atoms in total. The van der Waals surface area contributed by atoms with Gasteiger partial charge in [0.25, 0.3) is 0 Å². The van der Waals surface area contributed by atoms with Gasteiger partial charge in [-0.3, -0.25) is 0 Å². The second-order valence-electron chi connectivity index (χ2n) is 4.32. The summed E-state index contributed by atoms with van der Waals surface area (Å²) < 4.78 is 0. The highest BCUT2D eigenvalue weighted by Gasteiger charge is 2.13. The monoisotopic (exact) mass is 240 g/mol. The lowest BCUT2D eigenvalue weighted by atomic mass is 9.96. The third-order valence-electron chi connectivity index (χ3n) is 3.07. The van der Waals surface area contributed by atoms with Crippen molar-refractivity contribution in [3.63, 3.8) is 0 Å². The molecule has 0 spiro atoms. The van der Waals surface area contributed by atoms with Gasteiger partial charge in [-0.25, -0.2) is 0 Å². The van der Waals surface area contributed by atoms with E-state index in [0.717, 1.165) is 16.7 Å². The Balaban J connectivity index is 2.48. The molecule has 2 aromatic carbocycles. The molecule has 2 aromatic rings. The number of hydrogen-bond acceptors (Lipinski definition) is 2. The number of benzene rings is 2. The van der Waals surface area contributed by atoms with Crippen molar-refractivity contribution in [2.24, 2.45) is 0 Å². The molecule has 0 bridgehead atoms. The predicted molar refractivity (Wildman–Crippen MR) is 73.8 cm³/mol. The van der Waals surface area contributed by atoms with Crippen molar-refractivity contribution in [2.45, 2.75) is 13.3 Å². The zero-order valence-corrected chi connectivity index (χ0v) is 10.4. The number of hydrogen-bond donors (Lipinski definition) is 2. The van der Waals surface area contributed by atoms with E-state index in [4.69, 9.17) is 0 Å². The standard InChI is InChI=1S/C16H16O2/c1-3-13-15(17)9-11(2)14(16(13)18)10-12-7-5-4-6-8-12/h3-9,17-18H,1,10H2,2H3. The summed E-state index contributed by atoms with van der Waals surface area (Å²) in [5.74, 6) is 0.183. The van der Waals surface area contributed by atoms with Gasteiger partial charge >= 0.3 is 0 Å². The van der Waals surface area contributed by atoms with E-state index in [-0.39, 0.29) is 11.5 Å². The minimum absolute atomic E-state index is 0.0665. The highest BCUT2D eigenvalue weighted by molar-refractivity contribution is 5.66. The van der Waals surface area contributed by atoms with Gasteiger partial charge in [-0.15, -0.1) is 0 Å². The topological polar surface area (TPSA) is 40.5 Å². The maximum absolute atomic E-state index is 10.2. The van der Waals surface area contributed by atoms with Gasteiger partial charge in [0.15, 0.2) is 0 Å². The first kappa shape index (κ1) is 12.2. The van der Waals surface area contributed by atoms with Gasteiger partial charge < -0.3 is 10.2 Å². The number of phenolic OH excluding ortho intramolecular Hbond substituents is 2.